The summed E-state index contributed by atoms with van der Waals surface area (Å²) in [5, 5.41) is 8.98. The van der Waals surface area contributed by atoms with Gasteiger partial charge in [-0.1, -0.05) is 24.3 Å². The van der Waals surface area contributed by atoms with Crippen molar-refractivity contribution < 1.29 is 14.3 Å². The van der Waals surface area contributed by atoms with Crippen LogP contribution >= 0.6 is 0 Å². The number of carbonyl (C=O) groups is 2. The van der Waals surface area contributed by atoms with Crippen molar-refractivity contribution in [3.63, 3.8) is 0 Å². The topological polar surface area (TPSA) is 95.1 Å². The molecule has 160 valence electrons. The molecule has 0 bridgehead atoms. The average Bonchev–Trinajstić information content (AvgIpc) is 3.09. The van der Waals surface area contributed by atoms with Gasteiger partial charge in [0.25, 0.3) is 0 Å². The van der Waals surface area contributed by atoms with E-state index in [1.165, 1.54) is 11.1 Å². The fourth-order valence-corrected chi connectivity index (χ4v) is 2.99. The van der Waals surface area contributed by atoms with E-state index in [1.54, 1.807) is 7.05 Å². The number of amides is 2. The maximum absolute atomic E-state index is 12.4. The van der Waals surface area contributed by atoms with Crippen molar-refractivity contribution in [3.05, 3.63) is 35.4 Å². The summed E-state index contributed by atoms with van der Waals surface area (Å²) in [5.41, 5.74) is 1.97. The second-order valence-corrected chi connectivity index (χ2v) is 7.98. The smallest absolute Gasteiger partial charge is 0.407 e. The third-order valence-corrected chi connectivity index (χ3v) is 4.36. The van der Waals surface area contributed by atoms with Crippen LogP contribution in [-0.4, -0.2) is 55.1 Å². The molecule has 1 aliphatic heterocycles. The van der Waals surface area contributed by atoms with E-state index in [0.717, 1.165) is 6.42 Å². The van der Waals surface area contributed by atoms with Crippen molar-refractivity contribution in [3.8, 4) is 0 Å². The SMILES string of the molecule is CN=C(NCCCC(=O)N1Cc2ccccc2C1)NCCNC(=O)OC(C)(C)C. The lowest BCUT2D eigenvalue weighted by Gasteiger charge is -2.20. The summed E-state index contributed by atoms with van der Waals surface area (Å²) >= 11 is 0. The maximum atomic E-state index is 12.4. The van der Waals surface area contributed by atoms with E-state index < -0.39 is 11.7 Å². The van der Waals surface area contributed by atoms with Crippen molar-refractivity contribution in [1.82, 2.24) is 20.9 Å². The predicted molar refractivity (Wildman–Crippen MR) is 114 cm³/mol. The monoisotopic (exact) mass is 403 g/mol. The highest BCUT2D eigenvalue weighted by atomic mass is 16.6. The van der Waals surface area contributed by atoms with Gasteiger partial charge in [0.2, 0.25) is 5.91 Å². The van der Waals surface area contributed by atoms with Crippen molar-refractivity contribution in [2.45, 2.75) is 52.3 Å². The number of hydrogen-bond acceptors (Lipinski definition) is 4. The third-order valence-electron chi connectivity index (χ3n) is 4.36. The molecule has 2 amide bonds. The van der Waals surface area contributed by atoms with Crippen LogP contribution in [-0.2, 0) is 22.6 Å². The molecular weight excluding hydrogens is 370 g/mol. The number of ether oxygens (including phenoxy) is 1. The summed E-state index contributed by atoms with van der Waals surface area (Å²) in [5.74, 6) is 0.810. The van der Waals surface area contributed by atoms with Crippen LogP contribution in [0.2, 0.25) is 0 Å². The van der Waals surface area contributed by atoms with Gasteiger partial charge in [0.1, 0.15) is 5.60 Å². The van der Waals surface area contributed by atoms with Crippen LogP contribution in [0.1, 0.15) is 44.7 Å². The summed E-state index contributed by atoms with van der Waals surface area (Å²) in [6.07, 6.45) is 0.783. The van der Waals surface area contributed by atoms with E-state index in [4.69, 9.17) is 4.74 Å². The van der Waals surface area contributed by atoms with E-state index in [1.807, 2.05) is 37.8 Å². The van der Waals surface area contributed by atoms with Crippen LogP contribution in [0, 0.1) is 0 Å². The zero-order chi connectivity index (χ0) is 21.3. The summed E-state index contributed by atoms with van der Waals surface area (Å²) < 4.78 is 5.18. The molecule has 29 heavy (non-hydrogen) atoms. The number of rotatable bonds is 7. The summed E-state index contributed by atoms with van der Waals surface area (Å²) in [4.78, 5) is 30.0. The molecule has 3 N–H and O–H groups in total. The van der Waals surface area contributed by atoms with Gasteiger partial charge in [-0.15, -0.1) is 0 Å². The Hall–Kier alpha value is -2.77. The molecule has 2 rings (SSSR count). The van der Waals surface area contributed by atoms with Crippen molar-refractivity contribution in [2.24, 2.45) is 4.99 Å². The third kappa shape index (κ3) is 8.01. The Morgan fingerprint density at radius 2 is 1.62 bits per heavy atom. The zero-order valence-corrected chi connectivity index (χ0v) is 17.9. The van der Waals surface area contributed by atoms with Crippen molar-refractivity contribution >= 4 is 18.0 Å². The van der Waals surface area contributed by atoms with E-state index in [9.17, 15) is 9.59 Å². The minimum Gasteiger partial charge on any atom is -0.444 e. The Balaban J connectivity index is 1.57. The summed E-state index contributed by atoms with van der Waals surface area (Å²) in [6.45, 7) is 8.46. The fraction of sp³-hybridized carbons (Fsp3) is 0.571. The van der Waals surface area contributed by atoms with Gasteiger partial charge in [-0.3, -0.25) is 9.79 Å². The molecule has 0 radical (unpaired) electrons. The van der Waals surface area contributed by atoms with Gasteiger partial charge in [0.05, 0.1) is 0 Å². The first-order chi connectivity index (χ1) is 13.8. The van der Waals surface area contributed by atoms with Gasteiger partial charge in [-0.2, -0.15) is 0 Å². The van der Waals surface area contributed by atoms with Crippen molar-refractivity contribution in [2.75, 3.05) is 26.7 Å². The van der Waals surface area contributed by atoms with E-state index >= 15 is 0 Å². The normalized spacial score (nSPS) is 13.7. The number of fused-ring (bicyclic) bond motifs is 1. The number of alkyl carbamates (subject to hydrolysis) is 1. The van der Waals surface area contributed by atoms with E-state index in [0.29, 0.717) is 45.1 Å². The number of nitrogens with zero attached hydrogens (tertiary/aromatic N) is 2. The number of guanidine groups is 1. The molecule has 0 unspecified atom stereocenters. The molecule has 1 heterocycles. The Morgan fingerprint density at radius 1 is 1.03 bits per heavy atom. The average molecular weight is 404 g/mol. The lowest BCUT2D eigenvalue weighted by Crippen LogP contribution is -2.42. The molecule has 0 atom stereocenters. The van der Waals surface area contributed by atoms with Gasteiger partial charge >= 0.3 is 6.09 Å². The molecule has 1 aromatic carbocycles. The first-order valence-corrected chi connectivity index (χ1v) is 10.0. The Kier molecular flexibility index (Phi) is 8.30. The molecule has 1 aromatic rings. The largest absolute Gasteiger partial charge is 0.444 e. The summed E-state index contributed by atoms with van der Waals surface area (Å²) in [6, 6.07) is 8.19. The van der Waals surface area contributed by atoms with Gasteiger partial charge < -0.3 is 25.6 Å². The number of carbonyl (C=O) groups excluding carboxylic acids is 2. The minimum atomic E-state index is -0.510. The number of benzene rings is 1. The fourth-order valence-electron chi connectivity index (χ4n) is 2.99. The molecule has 0 fully saturated rings. The van der Waals surface area contributed by atoms with Crippen molar-refractivity contribution in [1.29, 1.82) is 0 Å². The lowest BCUT2D eigenvalue weighted by atomic mass is 10.1. The minimum absolute atomic E-state index is 0.174. The van der Waals surface area contributed by atoms with E-state index in [-0.39, 0.29) is 5.91 Å². The van der Waals surface area contributed by atoms with E-state index in [2.05, 4.69) is 33.1 Å². The molecule has 0 aromatic heterocycles. The molecule has 0 aliphatic carbocycles. The first kappa shape index (κ1) is 22.5. The highest BCUT2D eigenvalue weighted by molar-refractivity contribution is 5.80. The Morgan fingerprint density at radius 3 is 2.21 bits per heavy atom. The standard InChI is InChI=1S/C21H33N5O3/c1-21(2,3)29-20(28)25-13-12-24-19(22-4)23-11-7-10-18(27)26-14-16-8-5-6-9-17(16)15-26/h5-6,8-9H,7,10-15H2,1-4H3,(H,25,28)(H2,22,23,24). The zero-order valence-electron chi connectivity index (χ0n) is 17.9. The molecule has 8 heteroatoms. The number of aliphatic imine (C=N–C) groups is 1. The van der Waals surface area contributed by atoms with Crippen LogP contribution in [0.15, 0.2) is 29.3 Å². The molecule has 0 saturated heterocycles. The van der Waals surface area contributed by atoms with Gasteiger partial charge in [-0.05, 0) is 38.3 Å². The number of nitrogens with one attached hydrogen (secondary N) is 3. The predicted octanol–water partition coefficient (Wildman–Crippen LogP) is 2.00. The first-order valence-electron chi connectivity index (χ1n) is 10.0. The molecular formula is C21H33N5O3. The molecule has 1 aliphatic rings. The second-order valence-electron chi connectivity index (χ2n) is 7.98. The van der Waals surface area contributed by atoms with Crippen LogP contribution in [0.4, 0.5) is 4.79 Å². The van der Waals surface area contributed by atoms with Crippen LogP contribution in [0.5, 0.6) is 0 Å². The Bertz CT molecular complexity index is 702. The maximum Gasteiger partial charge on any atom is 0.407 e. The second kappa shape index (κ2) is 10.7. The number of hydrogen-bond donors (Lipinski definition) is 3. The van der Waals surface area contributed by atoms with Gasteiger partial charge in [-0.25, -0.2) is 4.79 Å². The van der Waals surface area contributed by atoms with Gasteiger partial charge in [0, 0.05) is 46.2 Å². The van der Waals surface area contributed by atoms with Crippen LogP contribution < -0.4 is 16.0 Å². The van der Waals surface area contributed by atoms with Crippen LogP contribution in [0.3, 0.4) is 0 Å². The van der Waals surface area contributed by atoms with Crippen LogP contribution in [0.25, 0.3) is 0 Å². The van der Waals surface area contributed by atoms with Gasteiger partial charge in [0.15, 0.2) is 5.96 Å². The molecule has 0 spiro atoms. The highest BCUT2D eigenvalue weighted by Crippen LogP contribution is 2.22. The quantitative estimate of drug-likeness (QED) is 0.368. The molecule has 8 nitrogen and oxygen atoms in total. The highest BCUT2D eigenvalue weighted by Gasteiger charge is 2.22. The Labute approximate surface area is 173 Å². The summed E-state index contributed by atoms with van der Waals surface area (Å²) in [7, 11) is 1.68. The lowest BCUT2D eigenvalue weighted by molar-refractivity contribution is -0.131. The molecule has 0 saturated carbocycles.